The predicted octanol–water partition coefficient (Wildman–Crippen LogP) is 2.52. The van der Waals surface area contributed by atoms with Gasteiger partial charge in [0.15, 0.2) is 0 Å². The molecule has 0 aromatic carbocycles. The van der Waals surface area contributed by atoms with Crippen LogP contribution in [0.4, 0.5) is 5.82 Å². The summed E-state index contributed by atoms with van der Waals surface area (Å²) in [5, 5.41) is 3.63. The highest BCUT2D eigenvalue weighted by Crippen LogP contribution is 2.33. The van der Waals surface area contributed by atoms with Gasteiger partial charge in [-0.05, 0) is 46.6 Å². The Morgan fingerprint density at radius 2 is 1.84 bits per heavy atom. The Bertz CT molecular complexity index is 425. The van der Waals surface area contributed by atoms with Crippen molar-refractivity contribution in [2.45, 2.75) is 64.1 Å². The van der Waals surface area contributed by atoms with Crippen LogP contribution in [0.2, 0.25) is 0 Å². The minimum Gasteiger partial charge on any atom is -0.367 e. The normalized spacial score (nSPS) is 31.2. The van der Waals surface area contributed by atoms with Crippen molar-refractivity contribution in [3.05, 3.63) is 17.6 Å². The van der Waals surface area contributed by atoms with Gasteiger partial charge in [0.25, 0.3) is 0 Å². The van der Waals surface area contributed by atoms with Gasteiger partial charge in [-0.2, -0.15) is 0 Å². The Morgan fingerprint density at radius 3 is 2.47 bits per heavy atom. The molecule has 0 radical (unpaired) electrons. The summed E-state index contributed by atoms with van der Waals surface area (Å²) in [5.41, 5.74) is 1.04. The van der Waals surface area contributed by atoms with Crippen LogP contribution < -0.4 is 5.32 Å². The second-order valence-electron chi connectivity index (χ2n) is 6.16. The Morgan fingerprint density at radius 1 is 1.16 bits per heavy atom. The fourth-order valence-electron chi connectivity index (χ4n) is 3.73. The molecule has 2 unspecified atom stereocenters. The fourth-order valence-corrected chi connectivity index (χ4v) is 3.73. The standard InChI is InChI=1S/C15H24N4/c1-10-7-15(17-11(2)16-10)18-12-8-13-5-4-6-14(9-12)19(13)3/h7,12-14H,4-6,8-9H2,1-3H3,(H,16,17,18). The van der Waals surface area contributed by atoms with Crippen LogP contribution in [0.1, 0.15) is 43.6 Å². The minimum absolute atomic E-state index is 0.570. The molecule has 104 valence electrons. The molecule has 1 aromatic rings. The molecule has 2 atom stereocenters. The quantitative estimate of drug-likeness (QED) is 0.887. The number of rotatable bonds is 2. The van der Waals surface area contributed by atoms with E-state index in [2.05, 4.69) is 33.3 Å². The largest absolute Gasteiger partial charge is 0.367 e. The summed E-state index contributed by atoms with van der Waals surface area (Å²) in [6.07, 6.45) is 6.60. The number of piperidine rings is 2. The summed E-state index contributed by atoms with van der Waals surface area (Å²) in [7, 11) is 2.30. The monoisotopic (exact) mass is 260 g/mol. The van der Waals surface area contributed by atoms with Crippen LogP contribution in [0.3, 0.4) is 0 Å². The van der Waals surface area contributed by atoms with Crippen molar-refractivity contribution >= 4 is 5.82 Å². The van der Waals surface area contributed by atoms with Crippen LogP contribution in [0.15, 0.2) is 6.07 Å². The van der Waals surface area contributed by atoms with E-state index in [-0.39, 0.29) is 0 Å². The van der Waals surface area contributed by atoms with Gasteiger partial charge in [-0.1, -0.05) is 6.42 Å². The van der Waals surface area contributed by atoms with Gasteiger partial charge in [0.2, 0.25) is 0 Å². The van der Waals surface area contributed by atoms with Crippen molar-refractivity contribution < 1.29 is 0 Å². The third kappa shape index (κ3) is 2.73. The molecular formula is C15H24N4. The summed E-state index contributed by atoms with van der Waals surface area (Å²) in [4.78, 5) is 11.4. The minimum atomic E-state index is 0.570. The zero-order valence-electron chi connectivity index (χ0n) is 12.2. The summed E-state index contributed by atoms with van der Waals surface area (Å²) in [6.45, 7) is 3.99. The highest BCUT2D eigenvalue weighted by molar-refractivity contribution is 5.37. The molecule has 2 aliphatic heterocycles. The van der Waals surface area contributed by atoms with Crippen LogP contribution in [0.25, 0.3) is 0 Å². The second kappa shape index (κ2) is 5.08. The third-order valence-electron chi connectivity index (χ3n) is 4.66. The molecule has 19 heavy (non-hydrogen) atoms. The molecule has 1 aromatic heterocycles. The molecule has 0 amide bonds. The zero-order valence-corrected chi connectivity index (χ0v) is 12.2. The zero-order chi connectivity index (χ0) is 13.4. The molecule has 4 nitrogen and oxygen atoms in total. The lowest BCUT2D eigenvalue weighted by molar-refractivity contribution is 0.0608. The highest BCUT2D eigenvalue weighted by atomic mass is 15.2. The molecule has 2 saturated heterocycles. The Hall–Kier alpha value is -1.16. The van der Waals surface area contributed by atoms with Gasteiger partial charge in [-0.25, -0.2) is 9.97 Å². The fraction of sp³-hybridized carbons (Fsp3) is 0.733. The number of aromatic nitrogens is 2. The van der Waals surface area contributed by atoms with Crippen LogP contribution in [0, 0.1) is 13.8 Å². The van der Waals surface area contributed by atoms with Gasteiger partial charge in [0.1, 0.15) is 11.6 Å². The van der Waals surface area contributed by atoms with E-state index >= 15 is 0 Å². The molecule has 0 saturated carbocycles. The first-order valence-electron chi connectivity index (χ1n) is 7.42. The van der Waals surface area contributed by atoms with E-state index in [9.17, 15) is 0 Å². The van der Waals surface area contributed by atoms with Crippen molar-refractivity contribution in [2.24, 2.45) is 0 Å². The first-order chi connectivity index (χ1) is 9.11. The third-order valence-corrected chi connectivity index (χ3v) is 4.66. The van der Waals surface area contributed by atoms with Crippen LogP contribution in [-0.4, -0.2) is 40.0 Å². The maximum absolute atomic E-state index is 4.51. The van der Waals surface area contributed by atoms with Gasteiger partial charge >= 0.3 is 0 Å². The number of hydrogen-bond donors (Lipinski definition) is 1. The number of fused-ring (bicyclic) bond motifs is 2. The molecule has 2 fully saturated rings. The topological polar surface area (TPSA) is 41.0 Å². The summed E-state index contributed by atoms with van der Waals surface area (Å²) >= 11 is 0. The summed E-state index contributed by atoms with van der Waals surface area (Å²) in [6, 6.07) is 4.14. The molecule has 2 bridgehead atoms. The van der Waals surface area contributed by atoms with E-state index < -0.39 is 0 Å². The molecule has 0 aliphatic carbocycles. The Kier molecular flexibility index (Phi) is 3.44. The molecular weight excluding hydrogens is 236 g/mol. The SMILES string of the molecule is Cc1cc(NC2CC3CCCC(C2)N3C)nc(C)n1. The molecule has 2 aliphatic rings. The van der Waals surface area contributed by atoms with Crippen molar-refractivity contribution in [3.63, 3.8) is 0 Å². The van der Waals surface area contributed by atoms with Crippen LogP contribution in [0.5, 0.6) is 0 Å². The number of anilines is 1. The Balaban J connectivity index is 1.70. The lowest BCUT2D eigenvalue weighted by Crippen LogP contribution is -2.52. The van der Waals surface area contributed by atoms with E-state index in [1.54, 1.807) is 0 Å². The summed E-state index contributed by atoms with van der Waals surface area (Å²) in [5.74, 6) is 1.85. The number of nitrogens with one attached hydrogen (secondary N) is 1. The van der Waals surface area contributed by atoms with E-state index in [4.69, 9.17) is 0 Å². The molecule has 1 N–H and O–H groups in total. The lowest BCUT2D eigenvalue weighted by Gasteiger charge is -2.47. The Labute approximate surface area is 115 Å². The van der Waals surface area contributed by atoms with Gasteiger partial charge in [-0.15, -0.1) is 0 Å². The smallest absolute Gasteiger partial charge is 0.130 e. The van der Waals surface area contributed by atoms with Gasteiger partial charge < -0.3 is 10.2 Å². The van der Waals surface area contributed by atoms with Crippen molar-refractivity contribution in [1.29, 1.82) is 0 Å². The van der Waals surface area contributed by atoms with Crippen molar-refractivity contribution in [2.75, 3.05) is 12.4 Å². The van der Waals surface area contributed by atoms with Crippen molar-refractivity contribution in [1.82, 2.24) is 14.9 Å². The first kappa shape index (κ1) is 12.9. The lowest BCUT2D eigenvalue weighted by atomic mass is 9.82. The maximum Gasteiger partial charge on any atom is 0.130 e. The van der Waals surface area contributed by atoms with E-state index in [0.717, 1.165) is 29.4 Å². The van der Waals surface area contributed by atoms with E-state index in [0.29, 0.717) is 6.04 Å². The van der Waals surface area contributed by atoms with Gasteiger partial charge in [0, 0.05) is 29.9 Å². The van der Waals surface area contributed by atoms with E-state index in [1.165, 1.54) is 32.1 Å². The molecule has 0 spiro atoms. The molecule has 3 heterocycles. The maximum atomic E-state index is 4.51. The summed E-state index contributed by atoms with van der Waals surface area (Å²) < 4.78 is 0. The number of aryl methyl sites for hydroxylation is 2. The van der Waals surface area contributed by atoms with Gasteiger partial charge in [-0.3, -0.25) is 0 Å². The van der Waals surface area contributed by atoms with Crippen LogP contribution in [-0.2, 0) is 0 Å². The second-order valence-corrected chi connectivity index (χ2v) is 6.16. The average molecular weight is 260 g/mol. The van der Waals surface area contributed by atoms with E-state index in [1.807, 2.05) is 13.8 Å². The average Bonchev–Trinajstić information content (AvgIpc) is 2.29. The van der Waals surface area contributed by atoms with Crippen molar-refractivity contribution in [3.8, 4) is 0 Å². The number of nitrogens with zero attached hydrogens (tertiary/aromatic N) is 3. The number of hydrogen-bond acceptors (Lipinski definition) is 4. The van der Waals surface area contributed by atoms with Gasteiger partial charge in [0.05, 0.1) is 0 Å². The predicted molar refractivity (Wildman–Crippen MR) is 77.3 cm³/mol. The molecule has 3 rings (SSSR count). The first-order valence-corrected chi connectivity index (χ1v) is 7.42. The highest BCUT2D eigenvalue weighted by Gasteiger charge is 2.35. The molecule has 4 heteroatoms. The van der Waals surface area contributed by atoms with Crippen LogP contribution >= 0.6 is 0 Å².